The van der Waals surface area contributed by atoms with Crippen LogP contribution in [0.15, 0.2) is 48.8 Å². The molecule has 2 heterocycles. The molecule has 0 spiro atoms. The summed E-state index contributed by atoms with van der Waals surface area (Å²) < 4.78 is 39.7. The Morgan fingerprint density at radius 1 is 1.24 bits per heavy atom. The van der Waals surface area contributed by atoms with Gasteiger partial charge in [0, 0.05) is 53.8 Å². The van der Waals surface area contributed by atoms with Crippen LogP contribution in [0.2, 0.25) is 0 Å². The van der Waals surface area contributed by atoms with Crippen molar-refractivity contribution in [2.24, 2.45) is 0 Å². The van der Waals surface area contributed by atoms with Gasteiger partial charge in [-0.05, 0) is 61.5 Å². The second-order valence-electron chi connectivity index (χ2n) is 8.10. The Hall–Kier alpha value is -3.55. The zero-order valence-electron chi connectivity index (χ0n) is 18.6. The maximum Gasteiger partial charge on any atom is 0.255 e. The zero-order valence-corrected chi connectivity index (χ0v) is 19.4. The van der Waals surface area contributed by atoms with Crippen LogP contribution in [0, 0.1) is 17.1 Å². The first-order valence-electron chi connectivity index (χ1n) is 10.9. The smallest absolute Gasteiger partial charge is 0.255 e. The molecule has 0 aliphatic carbocycles. The van der Waals surface area contributed by atoms with Gasteiger partial charge in [0.2, 0.25) is 10.0 Å². The van der Waals surface area contributed by atoms with E-state index in [0.717, 1.165) is 22.5 Å². The van der Waals surface area contributed by atoms with E-state index in [9.17, 15) is 17.6 Å². The molecule has 0 unspecified atom stereocenters. The minimum absolute atomic E-state index is 0.0604. The van der Waals surface area contributed by atoms with Crippen molar-refractivity contribution in [3.8, 4) is 6.07 Å². The van der Waals surface area contributed by atoms with E-state index in [1.807, 2.05) is 6.07 Å². The highest BCUT2D eigenvalue weighted by Crippen LogP contribution is 2.30. The number of benzene rings is 2. The zero-order chi connectivity index (χ0) is 24.3. The average molecular weight is 482 g/mol. The largest absolute Gasteiger partial charge is 0.382 e. The van der Waals surface area contributed by atoms with Gasteiger partial charge in [-0.15, -0.1) is 0 Å². The fraction of sp³-hybridized carbons (Fsp3) is 0.292. The van der Waals surface area contributed by atoms with Crippen LogP contribution < -0.4 is 10.6 Å². The Balaban J connectivity index is 1.55. The lowest BCUT2D eigenvalue weighted by atomic mass is 10.0. The van der Waals surface area contributed by atoms with Gasteiger partial charge < -0.3 is 10.6 Å². The summed E-state index contributed by atoms with van der Waals surface area (Å²) in [6.07, 6.45) is 4.70. The van der Waals surface area contributed by atoms with Crippen LogP contribution in [0.1, 0.15) is 35.7 Å². The third-order valence-corrected chi connectivity index (χ3v) is 7.82. The summed E-state index contributed by atoms with van der Waals surface area (Å²) in [5, 5.41) is 16.9. The Kier molecular flexibility index (Phi) is 6.77. The standard InChI is InChI=1S/C24H24FN5O3S/c1-2-34(32,33)30-9-6-19(7-10-30)28-23-13-20(11-16-5-8-27-15-21(16)23)29-24(31)17-3-4-18(14-26)22(25)12-17/h3-5,8,11-13,15,19,28H,2,6-7,9-10H2,1H3,(H,29,31). The van der Waals surface area contributed by atoms with Gasteiger partial charge in [-0.25, -0.2) is 17.1 Å². The number of piperidine rings is 1. The van der Waals surface area contributed by atoms with Crippen LogP contribution in [0.4, 0.5) is 15.8 Å². The highest BCUT2D eigenvalue weighted by Gasteiger charge is 2.27. The quantitative estimate of drug-likeness (QED) is 0.554. The number of aromatic nitrogens is 1. The monoisotopic (exact) mass is 481 g/mol. The van der Waals surface area contributed by atoms with Gasteiger partial charge in [0.15, 0.2) is 0 Å². The Labute approximate surface area is 197 Å². The van der Waals surface area contributed by atoms with Crippen molar-refractivity contribution < 1.29 is 17.6 Å². The number of hydrogen-bond donors (Lipinski definition) is 2. The molecule has 3 aromatic rings. The lowest BCUT2D eigenvalue weighted by molar-refractivity contribution is 0.102. The third kappa shape index (κ3) is 5.00. The molecule has 1 aliphatic heterocycles. The van der Waals surface area contributed by atoms with Gasteiger partial charge in [0.05, 0.1) is 11.3 Å². The predicted octanol–water partition coefficient (Wildman–Crippen LogP) is 3.72. The molecule has 4 rings (SSSR count). The second kappa shape index (κ2) is 9.75. The summed E-state index contributed by atoms with van der Waals surface area (Å²) in [6, 6.07) is 10.9. The molecule has 8 nitrogen and oxygen atoms in total. The lowest BCUT2D eigenvalue weighted by Gasteiger charge is -2.32. The number of amides is 1. The number of nitrogens with zero attached hydrogens (tertiary/aromatic N) is 3. The maximum atomic E-state index is 13.9. The van der Waals surface area contributed by atoms with Gasteiger partial charge in [0.1, 0.15) is 11.9 Å². The number of carbonyl (C=O) groups is 1. The fourth-order valence-electron chi connectivity index (χ4n) is 4.02. The van der Waals surface area contributed by atoms with Crippen molar-refractivity contribution in [2.45, 2.75) is 25.8 Å². The first-order chi connectivity index (χ1) is 16.3. The predicted molar refractivity (Wildman–Crippen MR) is 128 cm³/mol. The average Bonchev–Trinajstić information content (AvgIpc) is 2.84. The van der Waals surface area contributed by atoms with Gasteiger partial charge >= 0.3 is 0 Å². The summed E-state index contributed by atoms with van der Waals surface area (Å²) >= 11 is 0. The maximum absolute atomic E-state index is 13.9. The molecule has 176 valence electrons. The lowest BCUT2D eigenvalue weighted by Crippen LogP contribution is -2.42. The minimum atomic E-state index is -3.20. The Bertz CT molecular complexity index is 1380. The summed E-state index contributed by atoms with van der Waals surface area (Å²) in [6.45, 7) is 2.54. The van der Waals surface area contributed by atoms with Crippen molar-refractivity contribution in [1.82, 2.24) is 9.29 Å². The number of halogens is 1. The van der Waals surface area contributed by atoms with Gasteiger partial charge in [-0.2, -0.15) is 5.26 Å². The number of sulfonamides is 1. The summed E-state index contributed by atoms with van der Waals surface area (Å²) in [7, 11) is -3.20. The number of fused-ring (bicyclic) bond motifs is 1. The molecule has 0 radical (unpaired) electrons. The van der Waals surface area contributed by atoms with Gasteiger partial charge in [-0.3, -0.25) is 9.78 Å². The minimum Gasteiger partial charge on any atom is -0.382 e. The summed E-state index contributed by atoms with van der Waals surface area (Å²) in [5.74, 6) is -1.16. The Morgan fingerprint density at radius 2 is 2.00 bits per heavy atom. The summed E-state index contributed by atoms with van der Waals surface area (Å²) in [4.78, 5) is 16.9. The van der Waals surface area contributed by atoms with E-state index < -0.39 is 21.7 Å². The van der Waals surface area contributed by atoms with E-state index in [2.05, 4.69) is 15.6 Å². The SMILES string of the molecule is CCS(=O)(=O)N1CCC(Nc2cc(NC(=O)c3ccc(C#N)c(F)c3)cc3ccncc23)CC1. The molecule has 1 aromatic heterocycles. The van der Waals surface area contributed by atoms with E-state index in [1.165, 1.54) is 16.4 Å². The first-order valence-corrected chi connectivity index (χ1v) is 12.5. The second-order valence-corrected chi connectivity index (χ2v) is 10.4. The molecule has 1 amide bonds. The van der Waals surface area contributed by atoms with E-state index in [1.54, 1.807) is 37.5 Å². The van der Waals surface area contributed by atoms with E-state index >= 15 is 0 Å². The molecule has 0 saturated carbocycles. The molecule has 1 fully saturated rings. The van der Waals surface area contributed by atoms with Crippen LogP contribution in [0.3, 0.4) is 0 Å². The van der Waals surface area contributed by atoms with Crippen molar-refractivity contribution in [3.05, 3.63) is 65.7 Å². The number of hydrogen-bond acceptors (Lipinski definition) is 6. The van der Waals surface area contributed by atoms with Gasteiger partial charge in [-0.1, -0.05) is 0 Å². The molecule has 10 heteroatoms. The molecule has 1 aliphatic rings. The highest BCUT2D eigenvalue weighted by atomic mass is 32.2. The normalized spacial score (nSPS) is 15.1. The van der Waals surface area contributed by atoms with Crippen molar-refractivity contribution >= 4 is 38.1 Å². The molecule has 0 atom stereocenters. The van der Waals surface area contributed by atoms with Crippen LogP contribution in [0.25, 0.3) is 10.8 Å². The van der Waals surface area contributed by atoms with Crippen LogP contribution >= 0.6 is 0 Å². The van der Waals surface area contributed by atoms with E-state index in [4.69, 9.17) is 5.26 Å². The molecular weight excluding hydrogens is 457 g/mol. The number of nitriles is 1. The van der Waals surface area contributed by atoms with Crippen LogP contribution in [0.5, 0.6) is 0 Å². The molecule has 1 saturated heterocycles. The number of carbonyl (C=O) groups excluding carboxylic acids is 1. The first kappa shape index (κ1) is 23.6. The Morgan fingerprint density at radius 3 is 2.68 bits per heavy atom. The topological polar surface area (TPSA) is 115 Å². The van der Waals surface area contributed by atoms with Crippen LogP contribution in [-0.4, -0.2) is 48.5 Å². The molecule has 34 heavy (non-hydrogen) atoms. The third-order valence-electron chi connectivity index (χ3n) is 5.94. The molecule has 2 aromatic carbocycles. The van der Waals surface area contributed by atoms with E-state index in [-0.39, 0.29) is 22.9 Å². The number of nitrogens with one attached hydrogen (secondary N) is 2. The van der Waals surface area contributed by atoms with Crippen LogP contribution in [-0.2, 0) is 10.0 Å². The van der Waals surface area contributed by atoms with Gasteiger partial charge in [0.25, 0.3) is 5.91 Å². The highest BCUT2D eigenvalue weighted by molar-refractivity contribution is 7.89. The molecular formula is C24H24FN5O3S. The van der Waals surface area contributed by atoms with E-state index in [0.29, 0.717) is 31.6 Å². The van der Waals surface area contributed by atoms with Crippen molar-refractivity contribution in [2.75, 3.05) is 29.5 Å². The number of anilines is 2. The van der Waals surface area contributed by atoms with Crippen molar-refractivity contribution in [3.63, 3.8) is 0 Å². The number of pyridine rings is 1. The summed E-state index contributed by atoms with van der Waals surface area (Å²) in [5.41, 5.74) is 1.26. The van der Waals surface area contributed by atoms with Crippen molar-refractivity contribution in [1.29, 1.82) is 5.26 Å². The fourth-order valence-corrected chi connectivity index (χ4v) is 5.15. The molecule has 0 bridgehead atoms. The molecule has 2 N–H and O–H groups in total. The number of rotatable bonds is 6.